The molecule has 0 saturated heterocycles. The van der Waals surface area contributed by atoms with Gasteiger partial charge in [-0.15, -0.1) is 11.3 Å². The number of aliphatic hydroxyl groups is 1. The zero-order chi connectivity index (χ0) is 12.8. The molecule has 0 aliphatic rings. The zero-order valence-corrected chi connectivity index (χ0v) is 11.0. The van der Waals surface area contributed by atoms with E-state index in [2.05, 4.69) is 9.97 Å². The molecule has 3 aromatic rings. The molecule has 0 fully saturated rings. The third-order valence-corrected chi connectivity index (χ3v) is 4.01. The standard InChI is InChI=1S/C13H13N3OS/c1-13(17,12-14-6-7-16(12)2)9-4-3-5-10-11(9)18-8-15-10/h3-8,17H,1-2H3. The molecule has 2 aromatic heterocycles. The highest BCUT2D eigenvalue weighted by Crippen LogP contribution is 2.34. The summed E-state index contributed by atoms with van der Waals surface area (Å²) >= 11 is 1.54. The summed E-state index contributed by atoms with van der Waals surface area (Å²) in [5.74, 6) is 0.628. The second kappa shape index (κ2) is 3.90. The van der Waals surface area contributed by atoms with Gasteiger partial charge in [0.25, 0.3) is 0 Å². The van der Waals surface area contributed by atoms with E-state index in [4.69, 9.17) is 0 Å². The summed E-state index contributed by atoms with van der Waals surface area (Å²) < 4.78 is 2.84. The highest BCUT2D eigenvalue weighted by molar-refractivity contribution is 7.17. The Bertz CT molecular complexity index is 699. The van der Waals surface area contributed by atoms with Gasteiger partial charge in [0.15, 0.2) is 0 Å². The Hall–Kier alpha value is -1.72. The zero-order valence-electron chi connectivity index (χ0n) is 10.2. The van der Waals surface area contributed by atoms with Crippen LogP contribution in [0.4, 0.5) is 0 Å². The van der Waals surface area contributed by atoms with Gasteiger partial charge >= 0.3 is 0 Å². The summed E-state index contributed by atoms with van der Waals surface area (Å²) in [6, 6.07) is 5.79. The van der Waals surface area contributed by atoms with Gasteiger partial charge in [-0.3, -0.25) is 0 Å². The predicted octanol–water partition coefficient (Wildman–Crippen LogP) is 2.29. The van der Waals surface area contributed by atoms with Crippen molar-refractivity contribution in [2.75, 3.05) is 0 Å². The van der Waals surface area contributed by atoms with E-state index in [1.807, 2.05) is 36.0 Å². The molecule has 0 bridgehead atoms. The first-order chi connectivity index (χ1) is 8.60. The van der Waals surface area contributed by atoms with Crippen molar-refractivity contribution in [1.29, 1.82) is 0 Å². The number of imidazole rings is 1. The molecule has 4 nitrogen and oxygen atoms in total. The summed E-state index contributed by atoms with van der Waals surface area (Å²) in [5.41, 5.74) is 2.43. The van der Waals surface area contributed by atoms with Gasteiger partial charge < -0.3 is 9.67 Å². The largest absolute Gasteiger partial charge is 0.377 e. The van der Waals surface area contributed by atoms with Crippen molar-refractivity contribution in [1.82, 2.24) is 14.5 Å². The van der Waals surface area contributed by atoms with E-state index < -0.39 is 5.60 Å². The van der Waals surface area contributed by atoms with Crippen LogP contribution in [0.1, 0.15) is 18.3 Å². The van der Waals surface area contributed by atoms with Crippen LogP contribution in [0.15, 0.2) is 36.1 Å². The Morgan fingerprint density at radius 2 is 2.17 bits per heavy atom. The fraction of sp³-hybridized carbons (Fsp3) is 0.231. The first kappa shape index (κ1) is 11.4. The summed E-state index contributed by atoms with van der Waals surface area (Å²) in [6.45, 7) is 1.77. The maximum Gasteiger partial charge on any atom is 0.146 e. The minimum absolute atomic E-state index is 0.628. The van der Waals surface area contributed by atoms with Crippen molar-refractivity contribution in [2.24, 2.45) is 7.05 Å². The summed E-state index contributed by atoms with van der Waals surface area (Å²) in [5, 5.41) is 10.8. The number of aromatic nitrogens is 3. The van der Waals surface area contributed by atoms with Crippen molar-refractivity contribution in [3.8, 4) is 0 Å². The molecular formula is C13H13N3OS. The van der Waals surface area contributed by atoms with Gasteiger partial charge in [-0.1, -0.05) is 12.1 Å². The average Bonchev–Trinajstić information content (AvgIpc) is 2.96. The van der Waals surface area contributed by atoms with E-state index in [0.29, 0.717) is 5.82 Å². The van der Waals surface area contributed by atoms with E-state index in [1.54, 1.807) is 18.6 Å². The quantitative estimate of drug-likeness (QED) is 0.768. The molecule has 0 saturated carbocycles. The molecular weight excluding hydrogens is 246 g/mol. The summed E-state index contributed by atoms with van der Waals surface area (Å²) in [4.78, 5) is 8.53. The first-order valence-corrected chi connectivity index (χ1v) is 6.51. The smallest absolute Gasteiger partial charge is 0.146 e. The lowest BCUT2D eigenvalue weighted by Gasteiger charge is -2.23. The molecule has 1 aromatic carbocycles. The summed E-state index contributed by atoms with van der Waals surface area (Å²) in [6.07, 6.45) is 3.52. The Morgan fingerprint density at radius 3 is 2.89 bits per heavy atom. The number of nitrogens with zero attached hydrogens (tertiary/aromatic N) is 3. The highest BCUT2D eigenvalue weighted by atomic mass is 32.1. The maximum atomic E-state index is 10.8. The fourth-order valence-electron chi connectivity index (χ4n) is 2.22. The Morgan fingerprint density at radius 1 is 1.33 bits per heavy atom. The van der Waals surface area contributed by atoms with Crippen LogP contribution in [-0.2, 0) is 12.6 Å². The lowest BCUT2D eigenvalue weighted by molar-refractivity contribution is 0.0909. The van der Waals surface area contributed by atoms with Crippen molar-refractivity contribution >= 4 is 21.6 Å². The van der Waals surface area contributed by atoms with Crippen molar-refractivity contribution in [2.45, 2.75) is 12.5 Å². The number of hydrogen-bond acceptors (Lipinski definition) is 4. The minimum atomic E-state index is -1.12. The van der Waals surface area contributed by atoms with Gasteiger partial charge in [-0.2, -0.15) is 0 Å². The molecule has 1 unspecified atom stereocenters. The molecule has 18 heavy (non-hydrogen) atoms. The lowest BCUT2D eigenvalue weighted by Crippen LogP contribution is -2.26. The van der Waals surface area contributed by atoms with Crippen LogP contribution < -0.4 is 0 Å². The van der Waals surface area contributed by atoms with Crippen LogP contribution in [0.25, 0.3) is 10.2 Å². The van der Waals surface area contributed by atoms with Crippen LogP contribution in [0.2, 0.25) is 0 Å². The average molecular weight is 259 g/mol. The second-order valence-electron chi connectivity index (χ2n) is 4.44. The molecule has 92 valence electrons. The number of aryl methyl sites for hydroxylation is 1. The van der Waals surface area contributed by atoms with E-state index in [9.17, 15) is 5.11 Å². The molecule has 0 aliphatic heterocycles. The molecule has 2 heterocycles. The molecule has 0 amide bonds. The Labute approximate surface area is 109 Å². The van der Waals surface area contributed by atoms with Crippen molar-refractivity contribution < 1.29 is 5.11 Å². The number of rotatable bonds is 2. The van der Waals surface area contributed by atoms with Crippen LogP contribution in [0.5, 0.6) is 0 Å². The SMILES string of the molecule is Cn1ccnc1C(C)(O)c1cccc2ncsc12. The third kappa shape index (κ3) is 1.55. The van der Waals surface area contributed by atoms with Gasteiger partial charge in [-0.25, -0.2) is 9.97 Å². The second-order valence-corrected chi connectivity index (χ2v) is 5.29. The normalized spacial score (nSPS) is 14.8. The highest BCUT2D eigenvalue weighted by Gasteiger charge is 2.31. The Balaban J connectivity index is 2.25. The van der Waals surface area contributed by atoms with E-state index in [1.165, 1.54) is 11.3 Å². The molecule has 1 atom stereocenters. The summed E-state index contributed by atoms with van der Waals surface area (Å²) in [7, 11) is 1.88. The number of benzene rings is 1. The topological polar surface area (TPSA) is 50.9 Å². The molecule has 0 radical (unpaired) electrons. The first-order valence-electron chi connectivity index (χ1n) is 5.63. The van der Waals surface area contributed by atoms with E-state index >= 15 is 0 Å². The van der Waals surface area contributed by atoms with Crippen LogP contribution in [0.3, 0.4) is 0 Å². The predicted molar refractivity (Wildman–Crippen MR) is 71.5 cm³/mol. The van der Waals surface area contributed by atoms with Gasteiger partial charge in [0, 0.05) is 25.0 Å². The molecule has 5 heteroatoms. The van der Waals surface area contributed by atoms with Crippen molar-refractivity contribution in [3.63, 3.8) is 0 Å². The molecule has 0 aliphatic carbocycles. The minimum Gasteiger partial charge on any atom is -0.377 e. The molecule has 0 spiro atoms. The molecule has 3 rings (SSSR count). The lowest BCUT2D eigenvalue weighted by atomic mass is 9.95. The number of hydrogen-bond donors (Lipinski definition) is 1. The van der Waals surface area contributed by atoms with Gasteiger partial charge in [0.05, 0.1) is 15.7 Å². The monoisotopic (exact) mass is 259 g/mol. The third-order valence-electron chi connectivity index (χ3n) is 3.14. The van der Waals surface area contributed by atoms with Crippen LogP contribution in [-0.4, -0.2) is 19.6 Å². The Kier molecular flexibility index (Phi) is 2.46. The maximum absolute atomic E-state index is 10.8. The van der Waals surface area contributed by atoms with Crippen LogP contribution in [0, 0.1) is 0 Å². The van der Waals surface area contributed by atoms with Crippen molar-refractivity contribution in [3.05, 3.63) is 47.5 Å². The molecule has 1 N–H and O–H groups in total. The fourth-order valence-corrected chi connectivity index (χ4v) is 3.13. The van der Waals surface area contributed by atoms with Gasteiger partial charge in [0.2, 0.25) is 0 Å². The van der Waals surface area contributed by atoms with Gasteiger partial charge in [-0.05, 0) is 13.0 Å². The van der Waals surface area contributed by atoms with E-state index in [0.717, 1.165) is 15.8 Å². The van der Waals surface area contributed by atoms with E-state index in [-0.39, 0.29) is 0 Å². The number of fused-ring (bicyclic) bond motifs is 1. The number of thiazole rings is 1. The van der Waals surface area contributed by atoms with Crippen LogP contribution >= 0.6 is 11.3 Å². The van der Waals surface area contributed by atoms with Gasteiger partial charge in [0.1, 0.15) is 11.4 Å².